The fourth-order valence-electron chi connectivity index (χ4n) is 1.62. The van der Waals surface area contributed by atoms with Gasteiger partial charge in [-0.25, -0.2) is 13.1 Å². The molecule has 0 atom stereocenters. The molecule has 0 bridgehead atoms. The zero-order valence-electron chi connectivity index (χ0n) is 11.2. The van der Waals surface area contributed by atoms with Crippen molar-refractivity contribution in [1.29, 1.82) is 0 Å². The monoisotopic (exact) mass is 289 g/mol. The van der Waals surface area contributed by atoms with Crippen molar-refractivity contribution in [2.45, 2.75) is 13.8 Å². The quantitative estimate of drug-likeness (QED) is 0.619. The van der Waals surface area contributed by atoms with Gasteiger partial charge in [-0.15, -0.1) is 0 Å². The molecule has 0 aliphatic carbocycles. The molecule has 19 heavy (non-hydrogen) atoms. The molecule has 0 aromatic carbocycles. The molecule has 0 spiro atoms. The number of nitrogens with two attached hydrogens (primary N) is 1. The molecule has 0 saturated carbocycles. The third-order valence-electron chi connectivity index (χ3n) is 2.50. The molecule has 4 N–H and O–H groups in total. The highest BCUT2D eigenvalue weighted by molar-refractivity contribution is 7.89. The molecule has 8 nitrogen and oxygen atoms in total. The van der Waals surface area contributed by atoms with Crippen LogP contribution in [0.1, 0.15) is 23.1 Å². The lowest BCUT2D eigenvalue weighted by Crippen LogP contribution is -2.35. The van der Waals surface area contributed by atoms with Gasteiger partial charge in [-0.3, -0.25) is 9.48 Å². The lowest BCUT2D eigenvalue weighted by Gasteiger charge is -2.07. The largest absolute Gasteiger partial charge is 0.395 e. The van der Waals surface area contributed by atoms with Gasteiger partial charge in [0.1, 0.15) is 5.69 Å². The van der Waals surface area contributed by atoms with Crippen LogP contribution in [0.25, 0.3) is 0 Å². The van der Waals surface area contributed by atoms with Crippen LogP contribution in [0.2, 0.25) is 0 Å². The third kappa shape index (κ3) is 3.93. The van der Waals surface area contributed by atoms with Gasteiger partial charge < -0.3 is 11.1 Å². The maximum atomic E-state index is 11.9. The molecule has 0 fully saturated rings. The van der Waals surface area contributed by atoms with Crippen molar-refractivity contribution in [2.24, 2.45) is 7.05 Å². The Kier molecular flexibility index (Phi) is 4.90. The summed E-state index contributed by atoms with van der Waals surface area (Å²) in [5.41, 5.74) is 6.83. The Bertz CT molecular complexity index is 564. The third-order valence-corrected chi connectivity index (χ3v) is 3.97. The molecule has 1 rings (SSSR count). The fourth-order valence-corrected chi connectivity index (χ4v) is 2.57. The van der Waals surface area contributed by atoms with Gasteiger partial charge in [-0.1, -0.05) is 6.92 Å². The molecule has 108 valence electrons. The normalized spacial score (nSPS) is 11.5. The second kappa shape index (κ2) is 6.02. The Hall–Kier alpha value is -1.61. The van der Waals surface area contributed by atoms with Gasteiger partial charge in [0.2, 0.25) is 10.0 Å². The van der Waals surface area contributed by atoms with E-state index in [2.05, 4.69) is 15.1 Å². The Morgan fingerprint density at radius 1 is 1.47 bits per heavy atom. The summed E-state index contributed by atoms with van der Waals surface area (Å²) < 4.78 is 26.5. The predicted octanol–water partition coefficient (Wildman–Crippen LogP) is -1.02. The first-order valence-electron chi connectivity index (χ1n) is 5.83. The molecule has 1 aromatic heterocycles. The molecule has 0 unspecified atom stereocenters. The van der Waals surface area contributed by atoms with Crippen LogP contribution in [-0.4, -0.2) is 42.9 Å². The summed E-state index contributed by atoms with van der Waals surface area (Å²) in [6, 6.07) is 0. The number of hydrogen-bond acceptors (Lipinski definition) is 5. The second-order valence-electron chi connectivity index (χ2n) is 4.04. The maximum absolute atomic E-state index is 11.9. The van der Waals surface area contributed by atoms with E-state index in [1.54, 1.807) is 20.9 Å². The number of rotatable bonds is 6. The SMILES string of the molecule is CCNS(=O)(=O)CCNC(=O)c1c(N)c(C)nn1C. The molecular formula is C10H19N5O3S. The van der Waals surface area contributed by atoms with Crippen LogP contribution >= 0.6 is 0 Å². The number of nitrogens with one attached hydrogen (secondary N) is 2. The first-order valence-corrected chi connectivity index (χ1v) is 7.48. The van der Waals surface area contributed by atoms with E-state index in [9.17, 15) is 13.2 Å². The minimum absolute atomic E-state index is 0.0117. The van der Waals surface area contributed by atoms with Gasteiger partial charge in [0, 0.05) is 20.1 Å². The van der Waals surface area contributed by atoms with E-state index in [1.165, 1.54) is 4.68 Å². The van der Waals surface area contributed by atoms with E-state index in [4.69, 9.17) is 5.73 Å². The first-order chi connectivity index (χ1) is 8.78. The summed E-state index contributed by atoms with van der Waals surface area (Å²) in [6.07, 6.45) is 0. The Morgan fingerprint density at radius 2 is 2.11 bits per heavy atom. The van der Waals surface area contributed by atoms with Crippen molar-refractivity contribution in [2.75, 3.05) is 24.6 Å². The van der Waals surface area contributed by atoms with Crippen molar-refractivity contribution in [3.8, 4) is 0 Å². The van der Waals surface area contributed by atoms with Crippen molar-refractivity contribution < 1.29 is 13.2 Å². The van der Waals surface area contributed by atoms with Gasteiger partial charge in [-0.05, 0) is 6.92 Å². The minimum atomic E-state index is -3.34. The summed E-state index contributed by atoms with van der Waals surface area (Å²) in [5.74, 6) is -0.615. The maximum Gasteiger partial charge on any atom is 0.271 e. The van der Waals surface area contributed by atoms with Crippen LogP contribution < -0.4 is 15.8 Å². The van der Waals surface area contributed by atoms with Gasteiger partial charge >= 0.3 is 0 Å². The second-order valence-corrected chi connectivity index (χ2v) is 5.97. The highest BCUT2D eigenvalue weighted by Crippen LogP contribution is 2.14. The van der Waals surface area contributed by atoms with Gasteiger partial charge in [0.15, 0.2) is 0 Å². The first kappa shape index (κ1) is 15.4. The number of anilines is 1. The summed E-state index contributed by atoms with van der Waals surface area (Å²) in [4.78, 5) is 11.9. The summed E-state index contributed by atoms with van der Waals surface area (Å²) >= 11 is 0. The smallest absolute Gasteiger partial charge is 0.271 e. The average Bonchev–Trinajstić information content (AvgIpc) is 2.52. The average molecular weight is 289 g/mol. The number of carbonyl (C=O) groups is 1. The summed E-state index contributed by atoms with van der Waals surface area (Å²) in [7, 11) is -1.74. The number of amides is 1. The van der Waals surface area contributed by atoms with E-state index < -0.39 is 15.9 Å². The number of aryl methyl sites for hydroxylation is 2. The standard InChI is InChI=1S/C10H19N5O3S/c1-4-13-19(17,18)6-5-12-10(16)9-8(11)7(2)14-15(9)3/h13H,4-6,11H2,1-3H3,(H,12,16). The molecule has 1 aromatic rings. The number of carbonyl (C=O) groups excluding carboxylic acids is 1. The molecule has 1 heterocycles. The highest BCUT2D eigenvalue weighted by Gasteiger charge is 2.18. The minimum Gasteiger partial charge on any atom is -0.395 e. The summed E-state index contributed by atoms with van der Waals surface area (Å²) in [6.45, 7) is 3.72. The van der Waals surface area contributed by atoms with Crippen molar-refractivity contribution >= 4 is 21.6 Å². The van der Waals surface area contributed by atoms with Crippen LogP contribution in [0.4, 0.5) is 5.69 Å². The molecular weight excluding hydrogens is 270 g/mol. The predicted molar refractivity (Wildman–Crippen MR) is 72.2 cm³/mol. The summed E-state index contributed by atoms with van der Waals surface area (Å²) in [5, 5.41) is 6.53. The topological polar surface area (TPSA) is 119 Å². The van der Waals surface area contributed by atoms with Crippen molar-refractivity contribution in [1.82, 2.24) is 19.8 Å². The van der Waals surface area contributed by atoms with Crippen LogP contribution in [0, 0.1) is 6.92 Å². The van der Waals surface area contributed by atoms with E-state index in [-0.39, 0.29) is 18.0 Å². The number of nitrogen functional groups attached to an aromatic ring is 1. The van der Waals surface area contributed by atoms with Crippen LogP contribution in [0.15, 0.2) is 0 Å². The zero-order valence-corrected chi connectivity index (χ0v) is 12.0. The Balaban J connectivity index is 2.62. The van der Waals surface area contributed by atoms with E-state index in [0.717, 1.165) is 0 Å². The molecule has 1 amide bonds. The van der Waals surface area contributed by atoms with Crippen LogP contribution in [-0.2, 0) is 17.1 Å². The van der Waals surface area contributed by atoms with Crippen molar-refractivity contribution in [3.63, 3.8) is 0 Å². The number of nitrogens with zero attached hydrogens (tertiary/aromatic N) is 2. The van der Waals surface area contributed by atoms with Gasteiger partial charge in [-0.2, -0.15) is 5.10 Å². The number of sulfonamides is 1. The lowest BCUT2D eigenvalue weighted by molar-refractivity contribution is 0.0947. The Labute approximate surface area is 112 Å². The van der Waals surface area contributed by atoms with Crippen molar-refractivity contribution in [3.05, 3.63) is 11.4 Å². The Morgan fingerprint density at radius 3 is 2.58 bits per heavy atom. The van der Waals surface area contributed by atoms with Crippen LogP contribution in [0.5, 0.6) is 0 Å². The van der Waals surface area contributed by atoms with E-state index in [1.807, 2.05) is 0 Å². The highest BCUT2D eigenvalue weighted by atomic mass is 32.2. The number of aromatic nitrogens is 2. The van der Waals surface area contributed by atoms with E-state index >= 15 is 0 Å². The molecule has 0 aliphatic heterocycles. The van der Waals surface area contributed by atoms with E-state index in [0.29, 0.717) is 17.9 Å². The van der Waals surface area contributed by atoms with Gasteiger partial charge in [0.25, 0.3) is 5.91 Å². The van der Waals surface area contributed by atoms with Crippen LogP contribution in [0.3, 0.4) is 0 Å². The molecule has 0 aliphatic rings. The zero-order chi connectivity index (χ0) is 14.6. The molecule has 9 heteroatoms. The fraction of sp³-hybridized carbons (Fsp3) is 0.600. The molecule has 0 saturated heterocycles. The van der Waals surface area contributed by atoms with Gasteiger partial charge in [0.05, 0.1) is 17.1 Å². The molecule has 0 radical (unpaired) electrons. The lowest BCUT2D eigenvalue weighted by atomic mass is 10.3. The number of hydrogen-bond donors (Lipinski definition) is 3.